The van der Waals surface area contributed by atoms with Gasteiger partial charge in [0, 0.05) is 19.0 Å². The van der Waals surface area contributed by atoms with Gasteiger partial charge in [0.15, 0.2) is 5.76 Å². The van der Waals surface area contributed by atoms with Crippen molar-refractivity contribution in [2.45, 2.75) is 39.8 Å². The fourth-order valence-electron chi connectivity index (χ4n) is 2.08. The molecule has 0 aromatic carbocycles. The lowest BCUT2D eigenvalue weighted by Crippen LogP contribution is -2.51. The Bertz CT molecular complexity index is 462. The molecule has 0 bridgehead atoms. The molecule has 1 aromatic heterocycles. The first-order chi connectivity index (χ1) is 8.88. The maximum absolute atomic E-state index is 12.5. The van der Waals surface area contributed by atoms with Crippen LogP contribution in [0.2, 0.25) is 0 Å². The molecular formula is C13H19N3O3. The van der Waals surface area contributed by atoms with E-state index in [4.69, 9.17) is 4.52 Å². The minimum atomic E-state index is -0.509. The summed E-state index contributed by atoms with van der Waals surface area (Å²) >= 11 is 0. The van der Waals surface area contributed by atoms with Crippen LogP contribution in [0.25, 0.3) is 0 Å². The maximum atomic E-state index is 12.5. The van der Waals surface area contributed by atoms with Gasteiger partial charge in [-0.2, -0.15) is 0 Å². The number of carbonyl (C=O) groups is 2. The molecule has 1 aliphatic rings. The van der Waals surface area contributed by atoms with Crippen molar-refractivity contribution >= 4 is 11.8 Å². The number of nitrogens with zero attached hydrogens (tertiary/aromatic N) is 2. The molecule has 19 heavy (non-hydrogen) atoms. The first-order valence-corrected chi connectivity index (χ1v) is 6.35. The van der Waals surface area contributed by atoms with E-state index in [1.165, 1.54) is 0 Å². The molecule has 1 fully saturated rings. The lowest BCUT2D eigenvalue weighted by atomic mass is 9.86. The number of hydrogen-bond acceptors (Lipinski definition) is 4. The molecule has 0 spiro atoms. The van der Waals surface area contributed by atoms with Gasteiger partial charge in [-0.05, 0) is 5.41 Å². The molecule has 1 aliphatic heterocycles. The van der Waals surface area contributed by atoms with Crippen LogP contribution in [0.3, 0.4) is 0 Å². The SMILES string of the molecule is CC(C)(C)C1NC(=O)CCN(Cc2ccno2)C1=O. The average molecular weight is 265 g/mol. The smallest absolute Gasteiger partial charge is 0.246 e. The minimum Gasteiger partial charge on any atom is -0.360 e. The predicted molar refractivity (Wildman–Crippen MR) is 67.9 cm³/mol. The Hall–Kier alpha value is -1.85. The fourth-order valence-corrected chi connectivity index (χ4v) is 2.08. The van der Waals surface area contributed by atoms with Crippen molar-refractivity contribution in [3.63, 3.8) is 0 Å². The summed E-state index contributed by atoms with van der Waals surface area (Å²) in [7, 11) is 0. The Labute approximate surface area is 112 Å². The summed E-state index contributed by atoms with van der Waals surface area (Å²) < 4.78 is 5.02. The van der Waals surface area contributed by atoms with Crippen molar-refractivity contribution in [3.8, 4) is 0 Å². The number of amides is 2. The van der Waals surface area contributed by atoms with Crippen LogP contribution in [0.15, 0.2) is 16.8 Å². The fraction of sp³-hybridized carbons (Fsp3) is 0.615. The van der Waals surface area contributed by atoms with Gasteiger partial charge in [-0.3, -0.25) is 9.59 Å². The maximum Gasteiger partial charge on any atom is 0.246 e. The van der Waals surface area contributed by atoms with E-state index in [-0.39, 0.29) is 17.2 Å². The molecule has 1 N–H and O–H groups in total. The average Bonchev–Trinajstić information content (AvgIpc) is 2.77. The van der Waals surface area contributed by atoms with Gasteiger partial charge in [0.25, 0.3) is 0 Å². The highest BCUT2D eigenvalue weighted by Crippen LogP contribution is 2.23. The van der Waals surface area contributed by atoms with Crippen molar-refractivity contribution < 1.29 is 14.1 Å². The van der Waals surface area contributed by atoms with E-state index < -0.39 is 6.04 Å². The minimum absolute atomic E-state index is 0.0743. The molecule has 2 heterocycles. The first kappa shape index (κ1) is 13.6. The summed E-state index contributed by atoms with van der Waals surface area (Å²) in [5, 5.41) is 6.43. The molecule has 2 rings (SSSR count). The zero-order valence-corrected chi connectivity index (χ0v) is 11.5. The summed E-state index contributed by atoms with van der Waals surface area (Å²) in [6.07, 6.45) is 1.86. The Balaban J connectivity index is 2.19. The van der Waals surface area contributed by atoms with E-state index >= 15 is 0 Å². The molecule has 0 radical (unpaired) electrons. The highest BCUT2D eigenvalue weighted by molar-refractivity contribution is 5.90. The highest BCUT2D eigenvalue weighted by atomic mass is 16.5. The van der Waals surface area contributed by atoms with Crippen molar-refractivity contribution in [1.29, 1.82) is 0 Å². The van der Waals surface area contributed by atoms with Crippen LogP contribution in [0.4, 0.5) is 0 Å². The van der Waals surface area contributed by atoms with E-state index in [0.29, 0.717) is 25.3 Å². The topological polar surface area (TPSA) is 75.4 Å². The Morgan fingerprint density at radius 1 is 1.47 bits per heavy atom. The lowest BCUT2D eigenvalue weighted by molar-refractivity contribution is -0.137. The van der Waals surface area contributed by atoms with Crippen molar-refractivity contribution in [2.24, 2.45) is 5.41 Å². The van der Waals surface area contributed by atoms with Crippen molar-refractivity contribution in [2.75, 3.05) is 6.54 Å². The van der Waals surface area contributed by atoms with Gasteiger partial charge in [0.1, 0.15) is 6.04 Å². The normalized spacial score (nSPS) is 21.2. The molecule has 6 heteroatoms. The van der Waals surface area contributed by atoms with Gasteiger partial charge in [0.05, 0.1) is 12.7 Å². The van der Waals surface area contributed by atoms with E-state index in [1.807, 2.05) is 20.8 Å². The molecule has 0 aliphatic carbocycles. The van der Waals surface area contributed by atoms with Crippen LogP contribution < -0.4 is 5.32 Å². The molecule has 6 nitrogen and oxygen atoms in total. The van der Waals surface area contributed by atoms with Gasteiger partial charge in [-0.25, -0.2) is 0 Å². The number of nitrogens with one attached hydrogen (secondary N) is 1. The van der Waals surface area contributed by atoms with Crippen LogP contribution in [0.1, 0.15) is 33.0 Å². The van der Waals surface area contributed by atoms with Gasteiger partial charge < -0.3 is 14.7 Å². The zero-order valence-electron chi connectivity index (χ0n) is 11.5. The summed E-state index contributed by atoms with van der Waals surface area (Å²) in [5.41, 5.74) is -0.323. The van der Waals surface area contributed by atoms with Gasteiger partial charge in [-0.1, -0.05) is 25.9 Å². The van der Waals surface area contributed by atoms with Crippen LogP contribution in [-0.2, 0) is 16.1 Å². The number of rotatable bonds is 2. The molecule has 104 valence electrons. The third-order valence-electron chi connectivity index (χ3n) is 3.18. The van der Waals surface area contributed by atoms with Crippen LogP contribution in [-0.4, -0.2) is 34.5 Å². The second-order valence-corrected chi connectivity index (χ2v) is 5.86. The van der Waals surface area contributed by atoms with Crippen LogP contribution in [0.5, 0.6) is 0 Å². The van der Waals surface area contributed by atoms with Gasteiger partial charge >= 0.3 is 0 Å². The van der Waals surface area contributed by atoms with Crippen LogP contribution in [0, 0.1) is 5.41 Å². The second kappa shape index (κ2) is 5.03. The summed E-state index contributed by atoms with van der Waals surface area (Å²) in [4.78, 5) is 25.9. The summed E-state index contributed by atoms with van der Waals surface area (Å²) in [6, 6.07) is 1.21. The number of carbonyl (C=O) groups excluding carboxylic acids is 2. The first-order valence-electron chi connectivity index (χ1n) is 6.35. The van der Waals surface area contributed by atoms with E-state index in [9.17, 15) is 9.59 Å². The molecule has 1 aromatic rings. The van der Waals surface area contributed by atoms with Gasteiger partial charge in [-0.15, -0.1) is 0 Å². The largest absolute Gasteiger partial charge is 0.360 e. The third-order valence-corrected chi connectivity index (χ3v) is 3.18. The summed E-state index contributed by atoms with van der Waals surface area (Å²) in [5.74, 6) is 0.457. The monoisotopic (exact) mass is 265 g/mol. The molecule has 1 saturated heterocycles. The predicted octanol–water partition coefficient (Wildman–Crippen LogP) is 0.938. The van der Waals surface area contributed by atoms with Crippen LogP contribution >= 0.6 is 0 Å². The van der Waals surface area contributed by atoms with E-state index in [0.717, 1.165) is 0 Å². The molecular weight excluding hydrogens is 246 g/mol. The third kappa shape index (κ3) is 3.13. The highest BCUT2D eigenvalue weighted by Gasteiger charge is 2.37. The molecule has 1 atom stereocenters. The zero-order chi connectivity index (χ0) is 14.0. The van der Waals surface area contributed by atoms with Crippen molar-refractivity contribution in [3.05, 3.63) is 18.0 Å². The second-order valence-electron chi connectivity index (χ2n) is 5.86. The van der Waals surface area contributed by atoms with Crippen molar-refractivity contribution in [1.82, 2.24) is 15.4 Å². The van der Waals surface area contributed by atoms with E-state index in [2.05, 4.69) is 10.5 Å². The molecule has 0 saturated carbocycles. The number of hydrogen-bond donors (Lipinski definition) is 1. The number of aromatic nitrogens is 1. The lowest BCUT2D eigenvalue weighted by Gasteiger charge is -2.31. The molecule has 1 unspecified atom stereocenters. The standard InChI is InChI=1S/C13H19N3O3/c1-13(2,3)11-12(18)16(7-5-10(17)15-11)8-9-4-6-14-19-9/h4,6,11H,5,7-8H2,1-3H3,(H,15,17). The Morgan fingerprint density at radius 3 is 2.79 bits per heavy atom. The quantitative estimate of drug-likeness (QED) is 0.863. The summed E-state index contributed by atoms with van der Waals surface area (Å²) in [6.45, 7) is 6.56. The van der Waals surface area contributed by atoms with E-state index in [1.54, 1.807) is 17.2 Å². The molecule has 2 amide bonds. The Kier molecular flexibility index (Phi) is 3.59. The van der Waals surface area contributed by atoms with Gasteiger partial charge in [0.2, 0.25) is 11.8 Å². The Morgan fingerprint density at radius 2 is 2.21 bits per heavy atom.